The quantitative estimate of drug-likeness (QED) is 0.231. The van der Waals surface area contributed by atoms with Crippen molar-refractivity contribution >= 4 is 27.9 Å². The second kappa shape index (κ2) is 13.1. The maximum atomic E-state index is 14.4. The molecule has 4 aliphatic heterocycles. The third-order valence-corrected chi connectivity index (χ3v) is 17.4. The van der Waals surface area contributed by atoms with Gasteiger partial charge in [0.05, 0.1) is 36.6 Å². The number of rotatable bonds is 5. The van der Waals surface area contributed by atoms with E-state index in [1.54, 1.807) is 31.4 Å². The largest absolute Gasteiger partial charge is 0.454 e. The Bertz CT molecular complexity index is 2120. The van der Waals surface area contributed by atoms with Crippen LogP contribution in [0, 0.1) is 45.3 Å². The van der Waals surface area contributed by atoms with Gasteiger partial charge in [-0.3, -0.25) is 4.79 Å². The van der Waals surface area contributed by atoms with Crippen LogP contribution < -0.4 is 9.47 Å². The van der Waals surface area contributed by atoms with Crippen LogP contribution >= 0.6 is 15.9 Å². The molecule has 1 N–H and O–H groups in total. The Hall–Kier alpha value is -3.22. The lowest BCUT2D eigenvalue weighted by molar-refractivity contribution is -0.221. The summed E-state index contributed by atoms with van der Waals surface area (Å²) in [4.78, 5) is 28.2. The van der Waals surface area contributed by atoms with Gasteiger partial charge in [0.2, 0.25) is 6.79 Å². The fourth-order valence-corrected chi connectivity index (χ4v) is 14.0. The van der Waals surface area contributed by atoms with Crippen LogP contribution in [0.15, 0.2) is 70.2 Å². The molecule has 310 valence electrons. The van der Waals surface area contributed by atoms with Gasteiger partial charge in [0.25, 0.3) is 5.79 Å². The monoisotopic (exact) mass is 858 g/mol. The van der Waals surface area contributed by atoms with E-state index in [4.69, 9.17) is 33.2 Å². The molecular formula is C47H55BrO10. The second-order valence-electron chi connectivity index (χ2n) is 19.7. The van der Waals surface area contributed by atoms with Crippen molar-refractivity contribution in [2.24, 2.45) is 45.3 Å². The van der Waals surface area contributed by atoms with Crippen molar-refractivity contribution in [1.29, 1.82) is 0 Å². The van der Waals surface area contributed by atoms with Crippen LogP contribution in [0.3, 0.4) is 0 Å². The maximum absolute atomic E-state index is 14.4. The smallest absolute Gasteiger partial charge is 0.338 e. The van der Waals surface area contributed by atoms with Crippen LogP contribution in [-0.4, -0.2) is 67.8 Å². The summed E-state index contributed by atoms with van der Waals surface area (Å²) in [5.41, 5.74) is 2.18. The van der Waals surface area contributed by atoms with Gasteiger partial charge in [-0.1, -0.05) is 73.0 Å². The number of allylic oxidation sites excluding steroid dienone is 2. The highest BCUT2D eigenvalue weighted by Crippen LogP contribution is 2.74. The predicted octanol–water partition coefficient (Wildman–Crippen LogP) is 8.65. The fourth-order valence-electron chi connectivity index (χ4n) is 13.7. The molecule has 11 heteroatoms. The van der Waals surface area contributed by atoms with Gasteiger partial charge < -0.3 is 38.3 Å². The molecule has 0 amide bonds. The van der Waals surface area contributed by atoms with Gasteiger partial charge in [-0.2, -0.15) is 0 Å². The Balaban J connectivity index is 0.944. The summed E-state index contributed by atoms with van der Waals surface area (Å²) in [5.74, 6) is -1.41. The summed E-state index contributed by atoms with van der Waals surface area (Å²) in [5, 5.41) is 12.7. The Kier molecular flexibility index (Phi) is 8.82. The topological polar surface area (TPSA) is 119 Å². The Labute approximate surface area is 349 Å². The number of aliphatic hydroxyl groups is 1. The zero-order chi connectivity index (χ0) is 40.6. The highest BCUT2D eigenvalue weighted by atomic mass is 79.9. The van der Waals surface area contributed by atoms with Crippen LogP contribution in [0.25, 0.3) is 0 Å². The van der Waals surface area contributed by atoms with E-state index in [9.17, 15) is 14.7 Å². The molecule has 4 heterocycles. The number of hydrogen-bond acceptors (Lipinski definition) is 10. The van der Waals surface area contributed by atoms with Crippen molar-refractivity contribution < 1.29 is 47.9 Å². The number of ether oxygens (including phenoxy) is 7. The summed E-state index contributed by atoms with van der Waals surface area (Å²) in [7, 11) is 1.62. The van der Waals surface area contributed by atoms with E-state index < -0.39 is 52.3 Å². The standard InChI is InChI=1S/C47H55BrO10/c1-42(52-6)22-47(56-23-42)39(57-40(50)26-7-10-29(48)11-8-26)38(41(51)58-47)30-12-14-34-43(30,2)18-16-35-44(3)17-15-28-20-32(27-9-13-31-33(19-27)55-25-54-31)53-24-45(28,4)36(44)21-37(49)46(34,35)5/h7-11,13-15,19,30,32,35-39,49H,12,16-18,20-25H2,1-6H3/t30-,32-,35+,36+,37+,38+,39+,42+,43-,44+,45-,46-,47-/m0/s1. The number of esters is 2. The first-order valence-corrected chi connectivity index (χ1v) is 21.8. The number of halogens is 1. The third-order valence-electron chi connectivity index (χ3n) is 16.8. The fraction of sp³-hybridized carbons (Fsp3) is 0.617. The van der Waals surface area contributed by atoms with E-state index in [0.29, 0.717) is 25.0 Å². The number of fused-ring (bicyclic) bond motifs is 8. The number of hydrogen-bond donors (Lipinski definition) is 1. The normalized spacial score (nSPS) is 44.8. The van der Waals surface area contributed by atoms with E-state index in [0.717, 1.165) is 47.2 Å². The lowest BCUT2D eigenvalue weighted by Crippen LogP contribution is -2.65. The minimum Gasteiger partial charge on any atom is -0.454 e. The zero-order valence-electron chi connectivity index (χ0n) is 34.3. The van der Waals surface area contributed by atoms with Gasteiger partial charge in [0, 0.05) is 28.8 Å². The molecule has 5 fully saturated rings. The van der Waals surface area contributed by atoms with Crippen LogP contribution in [0.2, 0.25) is 0 Å². The molecule has 10 nitrogen and oxygen atoms in total. The van der Waals surface area contributed by atoms with E-state index in [1.165, 1.54) is 11.1 Å². The second-order valence-corrected chi connectivity index (χ2v) is 20.7. The molecule has 0 unspecified atom stereocenters. The van der Waals surface area contributed by atoms with Crippen molar-refractivity contribution in [1.82, 2.24) is 0 Å². The highest BCUT2D eigenvalue weighted by Gasteiger charge is 2.72. The lowest BCUT2D eigenvalue weighted by atomic mass is 9.37. The van der Waals surface area contributed by atoms with E-state index >= 15 is 0 Å². The molecule has 0 radical (unpaired) electrons. The molecule has 0 bridgehead atoms. The van der Waals surface area contributed by atoms with Crippen LogP contribution in [0.4, 0.5) is 0 Å². The van der Waals surface area contributed by atoms with Gasteiger partial charge in [-0.25, -0.2) is 4.79 Å². The van der Waals surface area contributed by atoms with Gasteiger partial charge in [-0.05, 0) is 116 Å². The van der Waals surface area contributed by atoms with Crippen molar-refractivity contribution in [3.63, 3.8) is 0 Å². The molecular weight excluding hydrogens is 804 g/mol. The third kappa shape index (κ3) is 5.41. The Morgan fingerprint density at radius 1 is 0.948 bits per heavy atom. The number of carbonyl (C=O) groups excluding carboxylic acids is 2. The first kappa shape index (κ1) is 38.9. The molecule has 2 aromatic carbocycles. The molecule has 2 saturated carbocycles. The highest BCUT2D eigenvalue weighted by molar-refractivity contribution is 9.10. The molecule has 1 spiro atoms. The molecule has 2 aromatic rings. The summed E-state index contributed by atoms with van der Waals surface area (Å²) in [6.07, 6.45) is 8.20. The average Bonchev–Trinajstić information content (AvgIpc) is 3.96. The minimum absolute atomic E-state index is 0.0646. The molecule has 58 heavy (non-hydrogen) atoms. The van der Waals surface area contributed by atoms with E-state index in [-0.39, 0.29) is 54.5 Å². The van der Waals surface area contributed by atoms with Gasteiger partial charge in [-0.15, -0.1) is 0 Å². The molecule has 4 aliphatic carbocycles. The zero-order valence-corrected chi connectivity index (χ0v) is 35.9. The van der Waals surface area contributed by atoms with E-state index in [1.807, 2.05) is 13.0 Å². The molecule has 3 saturated heterocycles. The van der Waals surface area contributed by atoms with Gasteiger partial charge in [0.15, 0.2) is 17.6 Å². The number of benzene rings is 2. The first-order chi connectivity index (χ1) is 27.6. The van der Waals surface area contributed by atoms with Crippen LogP contribution in [0.1, 0.15) is 102 Å². The van der Waals surface area contributed by atoms with Crippen molar-refractivity contribution in [2.75, 3.05) is 27.1 Å². The number of carbonyl (C=O) groups is 2. The summed E-state index contributed by atoms with van der Waals surface area (Å²) in [6, 6.07) is 13.1. The predicted molar refractivity (Wildman–Crippen MR) is 216 cm³/mol. The lowest BCUT2D eigenvalue weighted by Gasteiger charge is -2.68. The average molecular weight is 860 g/mol. The molecule has 8 aliphatic rings. The van der Waals surface area contributed by atoms with Crippen LogP contribution in [-0.2, 0) is 28.5 Å². The van der Waals surface area contributed by atoms with Crippen molar-refractivity contribution in [3.8, 4) is 11.5 Å². The van der Waals surface area contributed by atoms with Crippen molar-refractivity contribution in [3.05, 3.63) is 81.4 Å². The minimum atomic E-state index is -1.46. The molecule has 0 aromatic heterocycles. The summed E-state index contributed by atoms with van der Waals surface area (Å²) in [6.45, 7) is 12.3. The van der Waals surface area contributed by atoms with Crippen LogP contribution in [0.5, 0.6) is 11.5 Å². The summed E-state index contributed by atoms with van der Waals surface area (Å²) >= 11 is 3.45. The van der Waals surface area contributed by atoms with Gasteiger partial charge in [0.1, 0.15) is 5.92 Å². The number of aliphatic hydroxyl groups excluding tert-OH is 1. The maximum Gasteiger partial charge on any atom is 0.338 e. The molecule has 10 rings (SSSR count). The van der Waals surface area contributed by atoms with Gasteiger partial charge >= 0.3 is 11.9 Å². The van der Waals surface area contributed by atoms with E-state index in [2.05, 4.69) is 67.9 Å². The summed E-state index contributed by atoms with van der Waals surface area (Å²) < 4.78 is 43.7. The SMILES string of the molecule is CO[C@@]1(C)CO[C@@]2(C1)OC(=O)[C@H]([C@@H]1CC=C3[C@]4(C)[C@H](O)C[C@@H]5[C@](C)(CC=C6C[C@@H](c7ccc8c(c7)OCO8)OC[C@@]65C)[C@H]4CC[C@]31C)[C@H]2OC(=O)c1ccc(Br)cc1. The van der Waals surface area contributed by atoms with Crippen molar-refractivity contribution in [2.45, 2.75) is 109 Å². The number of methoxy groups -OCH3 is 1. The molecule has 13 atom stereocenters. The first-order valence-electron chi connectivity index (χ1n) is 21.1. The Morgan fingerprint density at radius 3 is 2.48 bits per heavy atom. The Morgan fingerprint density at radius 2 is 1.72 bits per heavy atom.